The van der Waals surface area contributed by atoms with Crippen molar-refractivity contribution in [3.8, 4) is 5.75 Å². The smallest absolute Gasteiger partial charge is 0.341 e. The van der Waals surface area contributed by atoms with Crippen LogP contribution >= 0.6 is 0 Å². The second-order valence-electron chi connectivity index (χ2n) is 5.91. The number of nitrogens with zero attached hydrogens (tertiary/aromatic N) is 1. The van der Waals surface area contributed by atoms with Gasteiger partial charge in [-0.2, -0.15) is 4.31 Å². The molecular formula is C17H19N3O7S. The van der Waals surface area contributed by atoms with Crippen molar-refractivity contribution < 1.29 is 32.6 Å². The monoisotopic (exact) mass is 409 g/mol. The maximum atomic E-state index is 12.6. The second-order valence-corrected chi connectivity index (χ2v) is 7.85. The van der Waals surface area contributed by atoms with Crippen LogP contribution in [0.25, 0.3) is 0 Å². The van der Waals surface area contributed by atoms with Gasteiger partial charge < -0.3 is 24.9 Å². The van der Waals surface area contributed by atoms with E-state index in [1.165, 1.54) is 41.9 Å². The summed E-state index contributed by atoms with van der Waals surface area (Å²) >= 11 is 0. The minimum Gasteiger partial charge on any atom is -0.505 e. The summed E-state index contributed by atoms with van der Waals surface area (Å²) in [5, 5.41) is 12.6. The number of aromatic nitrogens is 1. The van der Waals surface area contributed by atoms with E-state index in [0.29, 0.717) is 13.2 Å². The SMILES string of the molecule is COC(=O)c1cccc(NC(=O)c2cc(S(=O)(=O)N3CCOCC3)c[nH]2)c1O. The van der Waals surface area contributed by atoms with E-state index in [4.69, 9.17) is 4.74 Å². The van der Waals surface area contributed by atoms with Crippen molar-refractivity contribution in [1.29, 1.82) is 0 Å². The number of anilines is 1. The van der Waals surface area contributed by atoms with Gasteiger partial charge in [0.25, 0.3) is 5.91 Å². The molecule has 1 amide bonds. The zero-order valence-electron chi connectivity index (χ0n) is 15.0. The Balaban J connectivity index is 1.79. The second kappa shape index (κ2) is 8.00. The average Bonchev–Trinajstić information content (AvgIpc) is 3.21. The molecule has 2 aromatic rings. The quantitative estimate of drug-likeness (QED) is 0.490. The van der Waals surface area contributed by atoms with E-state index < -0.39 is 27.6 Å². The fourth-order valence-corrected chi connectivity index (χ4v) is 4.10. The Bertz CT molecular complexity index is 994. The molecule has 2 heterocycles. The van der Waals surface area contributed by atoms with Gasteiger partial charge in [0.05, 0.1) is 26.0 Å². The lowest BCUT2D eigenvalue weighted by molar-refractivity contribution is 0.0597. The molecule has 0 radical (unpaired) electrons. The lowest BCUT2D eigenvalue weighted by atomic mass is 10.1. The molecule has 1 aromatic carbocycles. The summed E-state index contributed by atoms with van der Waals surface area (Å²) in [5.74, 6) is -1.89. The number of methoxy groups -OCH3 is 1. The van der Waals surface area contributed by atoms with E-state index in [1.807, 2.05) is 0 Å². The van der Waals surface area contributed by atoms with Crippen LogP contribution in [0, 0.1) is 0 Å². The number of carbonyl (C=O) groups is 2. The van der Waals surface area contributed by atoms with Gasteiger partial charge in [0.15, 0.2) is 5.75 Å². The summed E-state index contributed by atoms with van der Waals surface area (Å²) in [4.78, 5) is 26.6. The molecule has 1 aliphatic rings. The third-order valence-corrected chi connectivity index (χ3v) is 6.07. The van der Waals surface area contributed by atoms with Crippen molar-refractivity contribution >= 4 is 27.6 Å². The number of phenols is 1. The number of hydrogen-bond acceptors (Lipinski definition) is 7. The van der Waals surface area contributed by atoms with E-state index >= 15 is 0 Å². The number of nitrogens with one attached hydrogen (secondary N) is 2. The third-order valence-electron chi connectivity index (χ3n) is 4.20. The Hall–Kier alpha value is -2.89. The number of benzene rings is 1. The normalized spacial score (nSPS) is 15.2. The minimum atomic E-state index is -3.75. The highest BCUT2D eigenvalue weighted by Crippen LogP contribution is 2.28. The maximum Gasteiger partial charge on any atom is 0.341 e. The Morgan fingerprint density at radius 2 is 2.00 bits per heavy atom. The first-order chi connectivity index (χ1) is 13.3. The van der Waals surface area contributed by atoms with Crippen molar-refractivity contribution in [3.63, 3.8) is 0 Å². The van der Waals surface area contributed by atoms with E-state index in [-0.39, 0.29) is 34.9 Å². The predicted molar refractivity (Wildman–Crippen MR) is 97.8 cm³/mol. The molecule has 1 saturated heterocycles. The molecule has 0 saturated carbocycles. The van der Waals surface area contributed by atoms with Crippen LogP contribution in [-0.4, -0.2) is 68.1 Å². The molecule has 150 valence electrons. The van der Waals surface area contributed by atoms with E-state index in [0.717, 1.165) is 0 Å². The Morgan fingerprint density at radius 1 is 1.29 bits per heavy atom. The van der Waals surface area contributed by atoms with E-state index in [9.17, 15) is 23.1 Å². The molecule has 0 aliphatic carbocycles. The van der Waals surface area contributed by atoms with Gasteiger partial charge in [-0.05, 0) is 18.2 Å². The molecule has 0 atom stereocenters. The number of hydrogen-bond donors (Lipinski definition) is 3. The number of esters is 1. The van der Waals surface area contributed by atoms with Crippen LogP contribution in [0.3, 0.4) is 0 Å². The summed E-state index contributed by atoms with van der Waals surface area (Å²) in [5.41, 5.74) is -0.142. The lowest BCUT2D eigenvalue weighted by Crippen LogP contribution is -2.40. The zero-order chi connectivity index (χ0) is 20.3. The number of H-pyrrole nitrogens is 1. The molecule has 28 heavy (non-hydrogen) atoms. The molecule has 11 heteroatoms. The molecule has 0 unspecified atom stereocenters. The van der Waals surface area contributed by atoms with Gasteiger partial charge in [-0.1, -0.05) is 6.07 Å². The molecule has 0 bridgehead atoms. The average molecular weight is 409 g/mol. The molecule has 3 rings (SSSR count). The van der Waals surface area contributed by atoms with E-state index in [1.54, 1.807) is 0 Å². The summed E-state index contributed by atoms with van der Waals surface area (Å²) in [6.45, 7) is 1.10. The molecule has 10 nitrogen and oxygen atoms in total. The van der Waals surface area contributed by atoms with Gasteiger partial charge in [-0.25, -0.2) is 13.2 Å². The van der Waals surface area contributed by atoms with Crippen molar-refractivity contribution in [3.05, 3.63) is 41.7 Å². The number of para-hydroxylation sites is 1. The number of amides is 1. The van der Waals surface area contributed by atoms with Crippen LogP contribution < -0.4 is 5.32 Å². The first kappa shape index (κ1) is 19.9. The van der Waals surface area contributed by atoms with Crippen molar-refractivity contribution in [1.82, 2.24) is 9.29 Å². The number of carbonyl (C=O) groups excluding carboxylic acids is 2. The number of sulfonamides is 1. The molecule has 0 spiro atoms. The van der Waals surface area contributed by atoms with Crippen molar-refractivity contribution in [2.75, 3.05) is 38.7 Å². The molecule has 3 N–H and O–H groups in total. The number of phenolic OH excluding ortho intramolecular Hbond substituents is 1. The first-order valence-electron chi connectivity index (χ1n) is 8.32. The van der Waals surface area contributed by atoms with E-state index in [2.05, 4.69) is 15.0 Å². The summed E-state index contributed by atoms with van der Waals surface area (Å²) in [7, 11) is -2.58. The Morgan fingerprint density at radius 3 is 2.68 bits per heavy atom. The third kappa shape index (κ3) is 3.86. The predicted octanol–water partition coefficient (Wildman–Crippen LogP) is 0.780. The number of ether oxygens (including phenoxy) is 2. The summed E-state index contributed by atoms with van der Waals surface area (Å²) in [6.07, 6.45) is 1.23. The Kier molecular flexibility index (Phi) is 5.68. The van der Waals surface area contributed by atoms with Crippen LogP contribution in [0.2, 0.25) is 0 Å². The Labute approximate surface area is 161 Å². The van der Waals surface area contributed by atoms with Gasteiger partial charge in [0.1, 0.15) is 16.2 Å². The lowest BCUT2D eigenvalue weighted by Gasteiger charge is -2.25. The number of aromatic hydroxyl groups is 1. The van der Waals surface area contributed by atoms with Gasteiger partial charge in [0.2, 0.25) is 10.0 Å². The topological polar surface area (TPSA) is 138 Å². The fraction of sp³-hybridized carbons (Fsp3) is 0.294. The molecule has 1 fully saturated rings. The summed E-state index contributed by atoms with van der Waals surface area (Å²) in [6, 6.07) is 5.42. The highest BCUT2D eigenvalue weighted by atomic mass is 32.2. The van der Waals surface area contributed by atoms with Gasteiger partial charge in [-0.15, -0.1) is 0 Å². The highest BCUT2D eigenvalue weighted by Gasteiger charge is 2.28. The molecule has 1 aliphatic heterocycles. The number of morpholine rings is 1. The van der Waals surface area contributed by atoms with Gasteiger partial charge in [0, 0.05) is 19.3 Å². The number of rotatable bonds is 5. The summed E-state index contributed by atoms with van der Waals surface area (Å²) < 4.78 is 36.2. The molecular weight excluding hydrogens is 390 g/mol. The first-order valence-corrected chi connectivity index (χ1v) is 9.76. The van der Waals surface area contributed by atoms with Crippen molar-refractivity contribution in [2.45, 2.75) is 4.90 Å². The largest absolute Gasteiger partial charge is 0.505 e. The van der Waals surface area contributed by atoms with Crippen molar-refractivity contribution in [2.24, 2.45) is 0 Å². The van der Waals surface area contributed by atoms with Gasteiger partial charge in [-0.3, -0.25) is 4.79 Å². The van der Waals surface area contributed by atoms with Crippen LogP contribution in [0.4, 0.5) is 5.69 Å². The zero-order valence-corrected chi connectivity index (χ0v) is 15.8. The van der Waals surface area contributed by atoms with Gasteiger partial charge >= 0.3 is 5.97 Å². The minimum absolute atomic E-state index is 0.0138. The van der Waals surface area contributed by atoms with Crippen LogP contribution in [0.5, 0.6) is 5.75 Å². The van der Waals surface area contributed by atoms with Crippen LogP contribution in [-0.2, 0) is 19.5 Å². The standard InChI is InChI=1S/C17H19N3O7S/c1-26-17(23)12-3-2-4-13(15(12)21)19-16(22)14-9-11(10-18-14)28(24,25)20-5-7-27-8-6-20/h2-4,9-10,18,21H,5-8H2,1H3,(H,19,22). The molecule has 1 aromatic heterocycles. The van der Waals surface area contributed by atoms with Crippen LogP contribution in [0.15, 0.2) is 35.4 Å². The fourth-order valence-electron chi connectivity index (χ4n) is 2.70. The maximum absolute atomic E-state index is 12.6. The number of aromatic amines is 1. The van der Waals surface area contributed by atoms with Crippen LogP contribution in [0.1, 0.15) is 20.8 Å². The highest BCUT2D eigenvalue weighted by molar-refractivity contribution is 7.89.